The first-order valence-electron chi connectivity index (χ1n) is 11.9. The molecule has 0 saturated carbocycles. The number of nitrogens with zero attached hydrogens (tertiary/aromatic N) is 1. The zero-order valence-corrected chi connectivity index (χ0v) is 24.9. The molecule has 0 aliphatic carbocycles. The van der Waals surface area contributed by atoms with Crippen LogP contribution in [-0.4, -0.2) is 38.7 Å². The molecule has 0 unspecified atom stereocenters. The minimum atomic E-state index is -0.975. The average molecular weight is 640 g/mol. The van der Waals surface area contributed by atoms with Gasteiger partial charge in [0.2, 0.25) is 0 Å². The predicted octanol–water partition coefficient (Wildman–Crippen LogP) is 6.96. The number of carbonyl (C=O) groups is 3. The van der Waals surface area contributed by atoms with E-state index in [1.165, 1.54) is 38.5 Å². The maximum atomic E-state index is 13.5. The molecule has 0 aromatic heterocycles. The minimum Gasteiger partial charge on any atom is -0.495 e. The summed E-state index contributed by atoms with van der Waals surface area (Å²) in [6, 6.07) is 9.81. The third-order valence-electron chi connectivity index (χ3n) is 5.83. The summed E-state index contributed by atoms with van der Waals surface area (Å²) in [6.45, 7) is 2.11. The molecule has 1 N–H and O–H groups in total. The zero-order valence-electron chi connectivity index (χ0n) is 21.8. The lowest BCUT2D eigenvalue weighted by Gasteiger charge is -2.28. The number of carbonyl (C=O) groups excluding carboxylic acids is 3. The Morgan fingerprint density at radius 3 is 2.22 bits per heavy atom. The highest BCUT2D eigenvalue weighted by atomic mass is 35.5. The molecule has 1 aliphatic heterocycles. The highest BCUT2D eigenvalue weighted by Crippen LogP contribution is 2.41. The number of benzene rings is 3. The van der Waals surface area contributed by atoms with Crippen LogP contribution in [0.5, 0.6) is 23.0 Å². The van der Waals surface area contributed by atoms with E-state index in [0.717, 1.165) is 4.90 Å². The van der Waals surface area contributed by atoms with Gasteiger partial charge in [0.1, 0.15) is 23.7 Å². The van der Waals surface area contributed by atoms with Crippen molar-refractivity contribution in [1.82, 2.24) is 5.32 Å². The average Bonchev–Trinajstić information content (AvgIpc) is 2.92. The van der Waals surface area contributed by atoms with Crippen LogP contribution in [0.25, 0.3) is 6.08 Å². The van der Waals surface area contributed by atoms with Crippen molar-refractivity contribution in [3.8, 4) is 23.0 Å². The molecule has 0 atom stereocenters. The van der Waals surface area contributed by atoms with Crippen molar-refractivity contribution >= 4 is 76.0 Å². The number of anilines is 1. The standard InChI is InChI=1S/C28H22Cl4N2O7/c1-4-40-24-9-14(8-20(32)25(24)41-13-15-5-6-16(29)10-18(15)30)7-17-26(35)33-28(37)34(27(17)36)21-12-22(38-2)19(31)11-23(21)39-3/h5-12H,4,13H2,1-3H3,(H,33,35,37)/b17-7+. The third-order valence-corrected chi connectivity index (χ3v) is 6.99. The van der Waals surface area contributed by atoms with Crippen molar-refractivity contribution in [1.29, 1.82) is 0 Å². The van der Waals surface area contributed by atoms with Crippen LogP contribution in [0.1, 0.15) is 18.1 Å². The van der Waals surface area contributed by atoms with E-state index in [1.54, 1.807) is 31.2 Å². The number of barbiturate groups is 1. The van der Waals surface area contributed by atoms with Gasteiger partial charge in [0.15, 0.2) is 11.5 Å². The second-order valence-electron chi connectivity index (χ2n) is 8.40. The number of hydrogen-bond acceptors (Lipinski definition) is 7. The van der Waals surface area contributed by atoms with Crippen LogP contribution in [-0.2, 0) is 16.2 Å². The van der Waals surface area contributed by atoms with Crippen LogP contribution in [0.3, 0.4) is 0 Å². The number of methoxy groups -OCH3 is 2. The molecule has 214 valence electrons. The van der Waals surface area contributed by atoms with Crippen LogP contribution in [0, 0.1) is 0 Å². The van der Waals surface area contributed by atoms with Gasteiger partial charge in [-0.3, -0.25) is 14.9 Å². The monoisotopic (exact) mass is 638 g/mol. The quantitative estimate of drug-likeness (QED) is 0.199. The number of imide groups is 2. The number of halogens is 4. The van der Waals surface area contributed by atoms with Gasteiger partial charge in [-0.25, -0.2) is 9.69 Å². The molecule has 0 spiro atoms. The van der Waals surface area contributed by atoms with E-state index < -0.39 is 17.8 Å². The van der Waals surface area contributed by atoms with E-state index in [9.17, 15) is 14.4 Å². The van der Waals surface area contributed by atoms with E-state index in [-0.39, 0.29) is 57.5 Å². The zero-order chi connectivity index (χ0) is 29.8. The van der Waals surface area contributed by atoms with Gasteiger partial charge in [0.25, 0.3) is 11.8 Å². The number of nitrogens with one attached hydrogen (secondary N) is 1. The van der Waals surface area contributed by atoms with Gasteiger partial charge in [-0.05, 0) is 42.8 Å². The molecular formula is C28H22Cl4N2O7. The fourth-order valence-corrected chi connectivity index (χ4v) is 4.89. The van der Waals surface area contributed by atoms with Crippen molar-refractivity contribution < 1.29 is 33.3 Å². The Morgan fingerprint density at radius 1 is 0.829 bits per heavy atom. The summed E-state index contributed by atoms with van der Waals surface area (Å²) in [7, 11) is 2.72. The SMILES string of the molecule is CCOc1cc(/C=C2\C(=O)NC(=O)N(c3cc(OC)c(Cl)cc3OC)C2=O)cc(Cl)c1OCc1ccc(Cl)cc1Cl. The van der Waals surface area contributed by atoms with Gasteiger partial charge in [0.05, 0.1) is 36.6 Å². The molecule has 1 saturated heterocycles. The highest BCUT2D eigenvalue weighted by molar-refractivity contribution is 6.40. The van der Waals surface area contributed by atoms with Gasteiger partial charge in [-0.2, -0.15) is 0 Å². The number of rotatable bonds is 9. The van der Waals surface area contributed by atoms with Crippen LogP contribution >= 0.6 is 46.4 Å². The van der Waals surface area contributed by atoms with Gasteiger partial charge in [-0.15, -0.1) is 0 Å². The molecule has 0 radical (unpaired) electrons. The van der Waals surface area contributed by atoms with Crippen LogP contribution in [0.2, 0.25) is 20.1 Å². The summed E-state index contributed by atoms with van der Waals surface area (Å²) in [5.41, 5.74) is 0.682. The molecule has 1 aliphatic rings. The lowest BCUT2D eigenvalue weighted by atomic mass is 10.1. The summed E-state index contributed by atoms with van der Waals surface area (Å²) >= 11 is 24.9. The van der Waals surface area contributed by atoms with Crippen molar-refractivity contribution in [2.45, 2.75) is 13.5 Å². The van der Waals surface area contributed by atoms with Gasteiger partial charge in [0, 0.05) is 27.7 Å². The lowest BCUT2D eigenvalue weighted by Crippen LogP contribution is -2.54. The van der Waals surface area contributed by atoms with Gasteiger partial charge >= 0.3 is 6.03 Å². The molecule has 1 fully saturated rings. The normalized spacial score (nSPS) is 14.3. The summed E-state index contributed by atoms with van der Waals surface area (Å²) < 4.78 is 22.2. The van der Waals surface area contributed by atoms with Crippen molar-refractivity contribution in [2.75, 3.05) is 25.7 Å². The second kappa shape index (κ2) is 12.9. The summed E-state index contributed by atoms with van der Waals surface area (Å²) in [5, 5.41) is 3.41. The molecule has 4 amide bonds. The molecule has 41 heavy (non-hydrogen) atoms. The molecule has 0 bridgehead atoms. The van der Waals surface area contributed by atoms with Gasteiger partial charge in [-0.1, -0.05) is 52.5 Å². The maximum Gasteiger partial charge on any atom is 0.336 e. The van der Waals surface area contributed by atoms with Crippen LogP contribution in [0.4, 0.5) is 10.5 Å². The number of amides is 4. The van der Waals surface area contributed by atoms with Crippen molar-refractivity contribution in [3.63, 3.8) is 0 Å². The Hall–Kier alpha value is -3.63. The molecule has 13 heteroatoms. The van der Waals surface area contributed by atoms with Gasteiger partial charge < -0.3 is 18.9 Å². The maximum absolute atomic E-state index is 13.5. The molecule has 3 aromatic rings. The van der Waals surface area contributed by atoms with E-state index in [2.05, 4.69) is 5.32 Å². The lowest BCUT2D eigenvalue weighted by molar-refractivity contribution is -0.122. The minimum absolute atomic E-state index is 0.0206. The Balaban J connectivity index is 1.71. The third kappa shape index (κ3) is 6.49. The number of ether oxygens (including phenoxy) is 4. The summed E-state index contributed by atoms with van der Waals surface area (Å²) in [4.78, 5) is 39.8. The summed E-state index contributed by atoms with van der Waals surface area (Å²) in [5.74, 6) is -1.02. The van der Waals surface area contributed by atoms with Crippen LogP contribution in [0.15, 0.2) is 48.0 Å². The molecule has 4 rings (SSSR count). The molecule has 3 aromatic carbocycles. The first-order chi connectivity index (χ1) is 19.6. The van der Waals surface area contributed by atoms with E-state index in [1.807, 2.05) is 0 Å². The van der Waals surface area contributed by atoms with Crippen LogP contribution < -0.4 is 29.2 Å². The van der Waals surface area contributed by atoms with E-state index in [0.29, 0.717) is 21.2 Å². The Morgan fingerprint density at radius 2 is 1.56 bits per heavy atom. The Kier molecular flexibility index (Phi) is 9.55. The summed E-state index contributed by atoms with van der Waals surface area (Å²) in [6.07, 6.45) is 1.28. The molecule has 1 heterocycles. The molecule has 9 nitrogen and oxygen atoms in total. The first-order valence-corrected chi connectivity index (χ1v) is 13.4. The number of urea groups is 1. The number of hydrogen-bond donors (Lipinski definition) is 1. The topological polar surface area (TPSA) is 103 Å². The predicted molar refractivity (Wildman–Crippen MR) is 157 cm³/mol. The van der Waals surface area contributed by atoms with E-state index in [4.69, 9.17) is 65.4 Å². The highest BCUT2D eigenvalue weighted by Gasteiger charge is 2.38. The molecular weight excluding hydrogens is 618 g/mol. The first kappa shape index (κ1) is 30.3. The fraction of sp³-hybridized carbons (Fsp3) is 0.179. The van der Waals surface area contributed by atoms with Crippen molar-refractivity contribution in [3.05, 3.63) is 79.3 Å². The second-order valence-corrected chi connectivity index (χ2v) is 10.1. The fourth-order valence-electron chi connectivity index (χ4n) is 3.92. The largest absolute Gasteiger partial charge is 0.495 e. The smallest absolute Gasteiger partial charge is 0.336 e. The van der Waals surface area contributed by atoms with Crippen molar-refractivity contribution in [2.24, 2.45) is 0 Å². The van der Waals surface area contributed by atoms with E-state index >= 15 is 0 Å². The Labute approximate surface area is 255 Å². The Bertz CT molecular complexity index is 1580.